The van der Waals surface area contributed by atoms with Crippen molar-refractivity contribution in [1.29, 1.82) is 0 Å². The zero-order valence-electron chi connectivity index (χ0n) is 13.6. The second-order valence-corrected chi connectivity index (χ2v) is 7.00. The smallest absolute Gasteiger partial charge is 0.308 e. The first-order valence-electron chi connectivity index (χ1n) is 7.55. The maximum absolute atomic E-state index is 12.1. The summed E-state index contributed by atoms with van der Waals surface area (Å²) < 4.78 is 16.4. The molecule has 3 rings (SSSR count). The minimum Gasteiger partial charge on any atom is -0.456 e. The molecule has 8 nitrogen and oxygen atoms in total. The lowest BCUT2D eigenvalue weighted by Crippen LogP contribution is -2.28. The fraction of sp³-hybridized carbons (Fsp3) is 0.250. The Bertz CT molecular complexity index is 889. The molecule has 0 aromatic carbocycles. The number of ether oxygens (including phenoxy) is 1. The summed E-state index contributed by atoms with van der Waals surface area (Å²) in [5.41, 5.74) is 0. The molecule has 26 heavy (non-hydrogen) atoms. The van der Waals surface area contributed by atoms with Crippen LogP contribution in [0.4, 0.5) is 0 Å². The molecular formula is C16H14BrN3O5S. The Morgan fingerprint density at radius 1 is 1.31 bits per heavy atom. The van der Waals surface area contributed by atoms with E-state index >= 15 is 0 Å². The van der Waals surface area contributed by atoms with Gasteiger partial charge in [0.15, 0.2) is 17.0 Å². The number of hydrogen-bond acceptors (Lipinski definition) is 8. The molecule has 3 aromatic rings. The molecule has 0 spiro atoms. The first-order valence-corrected chi connectivity index (χ1v) is 9.22. The van der Waals surface area contributed by atoms with Gasteiger partial charge in [0, 0.05) is 11.8 Å². The molecule has 0 fully saturated rings. The van der Waals surface area contributed by atoms with Crippen molar-refractivity contribution in [2.24, 2.45) is 0 Å². The number of hydrogen-bond donors (Lipinski definition) is 1. The van der Waals surface area contributed by atoms with Gasteiger partial charge in [-0.15, -0.1) is 21.5 Å². The van der Waals surface area contributed by atoms with E-state index in [1.54, 1.807) is 12.1 Å². The quantitative estimate of drug-likeness (QED) is 0.561. The summed E-state index contributed by atoms with van der Waals surface area (Å²) in [6.45, 7) is 1.24. The molecule has 1 atom stereocenters. The van der Waals surface area contributed by atoms with Gasteiger partial charge in [0.2, 0.25) is 5.91 Å². The number of aromatic nitrogens is 2. The molecule has 0 bridgehead atoms. The number of amides is 1. The predicted octanol–water partition coefficient (Wildman–Crippen LogP) is 3.46. The van der Waals surface area contributed by atoms with Crippen LogP contribution in [-0.4, -0.2) is 22.1 Å². The first-order chi connectivity index (χ1) is 12.5. The average molecular weight is 440 g/mol. The van der Waals surface area contributed by atoms with Gasteiger partial charge in [-0.2, -0.15) is 0 Å². The summed E-state index contributed by atoms with van der Waals surface area (Å²) in [6, 6.07) is 6.65. The minimum absolute atomic E-state index is 0.00617. The van der Waals surface area contributed by atoms with Crippen LogP contribution in [0.15, 0.2) is 43.1 Å². The van der Waals surface area contributed by atoms with Crippen molar-refractivity contribution < 1.29 is 23.2 Å². The number of thiophene rings is 1. The van der Waals surface area contributed by atoms with Crippen LogP contribution in [0.3, 0.4) is 0 Å². The van der Waals surface area contributed by atoms with Gasteiger partial charge in [0.05, 0.1) is 12.5 Å². The van der Waals surface area contributed by atoms with Gasteiger partial charge in [0.25, 0.3) is 11.8 Å². The van der Waals surface area contributed by atoms with Gasteiger partial charge in [-0.1, -0.05) is 6.07 Å². The summed E-state index contributed by atoms with van der Waals surface area (Å²) in [7, 11) is 0. The summed E-state index contributed by atoms with van der Waals surface area (Å²) >= 11 is 4.64. The van der Waals surface area contributed by atoms with Crippen LogP contribution in [0.25, 0.3) is 11.7 Å². The van der Waals surface area contributed by atoms with Crippen LogP contribution in [0.2, 0.25) is 0 Å². The molecule has 1 amide bonds. The van der Waals surface area contributed by atoms with Gasteiger partial charge in [0.1, 0.15) is 0 Å². The molecular weight excluding hydrogens is 426 g/mol. The fourth-order valence-electron chi connectivity index (χ4n) is 2.17. The van der Waals surface area contributed by atoms with E-state index in [-0.39, 0.29) is 30.7 Å². The Labute approximate surface area is 160 Å². The Hall–Kier alpha value is -2.46. The normalized spacial score (nSPS) is 11.9. The fourth-order valence-corrected chi connectivity index (χ4v) is 3.25. The third kappa shape index (κ3) is 4.79. The standard InChI is InChI=1S/C16H14BrN3O5S/c1-9(21)18-10(12-3-2-6-26-12)7-15(22)23-8-14-19-20-16(25-14)11-4-5-13(17)24-11/h2-6,10H,7-8H2,1H3,(H,18,21). The van der Waals surface area contributed by atoms with Crippen molar-refractivity contribution in [1.82, 2.24) is 15.5 Å². The van der Waals surface area contributed by atoms with Crippen LogP contribution in [0, 0.1) is 0 Å². The number of halogens is 1. The van der Waals surface area contributed by atoms with Gasteiger partial charge in [-0.25, -0.2) is 0 Å². The average Bonchev–Trinajstić information content (AvgIpc) is 3.33. The van der Waals surface area contributed by atoms with Gasteiger partial charge in [-0.3, -0.25) is 9.59 Å². The summed E-state index contributed by atoms with van der Waals surface area (Å²) in [4.78, 5) is 24.3. The highest BCUT2D eigenvalue weighted by molar-refractivity contribution is 9.10. The number of esters is 1. The molecule has 0 saturated heterocycles. The third-order valence-corrected chi connectivity index (χ3v) is 4.65. The molecule has 0 saturated carbocycles. The monoisotopic (exact) mass is 439 g/mol. The lowest BCUT2D eigenvalue weighted by atomic mass is 10.1. The zero-order valence-corrected chi connectivity index (χ0v) is 16.0. The van der Waals surface area contributed by atoms with Crippen molar-refractivity contribution in [2.75, 3.05) is 0 Å². The molecule has 3 aromatic heterocycles. The highest BCUT2D eigenvalue weighted by Gasteiger charge is 2.20. The van der Waals surface area contributed by atoms with E-state index in [9.17, 15) is 9.59 Å². The Morgan fingerprint density at radius 2 is 2.15 bits per heavy atom. The Kier molecular flexibility index (Phi) is 5.84. The summed E-state index contributed by atoms with van der Waals surface area (Å²) in [5.74, 6) is 0.0369. The topological polar surface area (TPSA) is 107 Å². The van der Waals surface area contributed by atoms with Crippen molar-refractivity contribution in [3.8, 4) is 11.7 Å². The van der Waals surface area contributed by atoms with Gasteiger partial charge >= 0.3 is 5.97 Å². The molecule has 0 aliphatic heterocycles. The highest BCUT2D eigenvalue weighted by Crippen LogP contribution is 2.25. The Balaban J connectivity index is 1.56. The number of carbonyl (C=O) groups is 2. The largest absolute Gasteiger partial charge is 0.456 e. The lowest BCUT2D eigenvalue weighted by Gasteiger charge is -2.15. The second-order valence-electron chi connectivity index (χ2n) is 5.24. The predicted molar refractivity (Wildman–Crippen MR) is 95.0 cm³/mol. The van der Waals surface area contributed by atoms with E-state index in [4.69, 9.17) is 13.6 Å². The minimum atomic E-state index is -0.488. The Morgan fingerprint density at radius 3 is 2.81 bits per heavy atom. The van der Waals surface area contributed by atoms with Crippen LogP contribution in [0.5, 0.6) is 0 Å². The highest BCUT2D eigenvalue weighted by atomic mass is 79.9. The molecule has 136 valence electrons. The summed E-state index contributed by atoms with van der Waals surface area (Å²) in [5, 5.41) is 12.3. The number of carbonyl (C=O) groups excluding carboxylic acids is 2. The van der Waals surface area contributed by atoms with E-state index in [2.05, 4.69) is 31.4 Å². The van der Waals surface area contributed by atoms with E-state index in [0.717, 1.165) is 4.88 Å². The number of nitrogens with zero attached hydrogens (tertiary/aromatic N) is 2. The SMILES string of the molecule is CC(=O)NC(CC(=O)OCc1nnc(-c2ccc(Br)o2)o1)c1cccs1. The summed E-state index contributed by atoms with van der Waals surface area (Å²) in [6.07, 6.45) is 0.00617. The van der Waals surface area contributed by atoms with E-state index in [1.807, 2.05) is 17.5 Å². The van der Waals surface area contributed by atoms with Gasteiger partial charge in [-0.05, 0) is 39.5 Å². The van der Waals surface area contributed by atoms with Crippen LogP contribution < -0.4 is 5.32 Å². The molecule has 0 aliphatic rings. The first kappa shape index (κ1) is 18.3. The van der Waals surface area contributed by atoms with Crippen LogP contribution >= 0.6 is 27.3 Å². The number of nitrogens with one attached hydrogen (secondary N) is 1. The lowest BCUT2D eigenvalue weighted by molar-refractivity contribution is -0.146. The van der Waals surface area contributed by atoms with Crippen molar-refractivity contribution in [3.05, 3.63) is 45.1 Å². The molecule has 0 aliphatic carbocycles. The van der Waals surface area contributed by atoms with E-state index in [1.165, 1.54) is 18.3 Å². The number of rotatable bonds is 7. The van der Waals surface area contributed by atoms with Crippen molar-refractivity contribution in [3.63, 3.8) is 0 Å². The zero-order chi connectivity index (χ0) is 18.5. The molecule has 1 N–H and O–H groups in total. The third-order valence-electron chi connectivity index (χ3n) is 3.24. The van der Waals surface area contributed by atoms with Gasteiger partial charge < -0.3 is 18.9 Å². The van der Waals surface area contributed by atoms with Crippen molar-refractivity contribution >= 4 is 39.1 Å². The van der Waals surface area contributed by atoms with E-state index < -0.39 is 12.0 Å². The van der Waals surface area contributed by atoms with E-state index in [0.29, 0.717) is 10.4 Å². The van der Waals surface area contributed by atoms with Crippen molar-refractivity contribution in [2.45, 2.75) is 26.0 Å². The van der Waals surface area contributed by atoms with Crippen LogP contribution in [-0.2, 0) is 20.9 Å². The molecule has 1 unspecified atom stereocenters. The number of furan rings is 1. The second kappa shape index (κ2) is 8.28. The van der Waals surface area contributed by atoms with Crippen LogP contribution in [0.1, 0.15) is 30.2 Å². The molecule has 0 radical (unpaired) electrons. The maximum Gasteiger partial charge on any atom is 0.308 e. The molecule has 10 heteroatoms. The molecule has 3 heterocycles. The maximum atomic E-state index is 12.1.